The molecule has 0 amide bonds. The number of esters is 4. The van der Waals surface area contributed by atoms with Crippen LogP contribution in [0.1, 0.15) is 53.9 Å². The van der Waals surface area contributed by atoms with Crippen molar-refractivity contribution >= 4 is 23.9 Å². The molecule has 9 nitrogen and oxygen atoms in total. The summed E-state index contributed by atoms with van der Waals surface area (Å²) in [5.74, 6) is -3.63. The Morgan fingerprint density at radius 1 is 1.03 bits per heavy atom. The van der Waals surface area contributed by atoms with E-state index < -0.39 is 47.2 Å². The van der Waals surface area contributed by atoms with Gasteiger partial charge in [0.25, 0.3) is 0 Å². The molecule has 0 aromatic carbocycles. The molecule has 4 unspecified atom stereocenters. The van der Waals surface area contributed by atoms with Crippen LogP contribution in [0.25, 0.3) is 0 Å². The SMILES string of the molecule is C=C(C)C(=O)OCC(O)COC(=O)C(C)CC(CC(C)(CC)C(=O)OC)C(=O)OCC. The van der Waals surface area contributed by atoms with Crippen molar-refractivity contribution in [2.45, 2.75) is 60.0 Å². The summed E-state index contributed by atoms with van der Waals surface area (Å²) in [6.07, 6.45) is -0.483. The molecule has 0 aromatic rings. The highest BCUT2D eigenvalue weighted by molar-refractivity contribution is 5.86. The number of carbonyl (C=O) groups excluding carboxylic acids is 4. The molecule has 0 bridgehead atoms. The zero-order valence-corrected chi connectivity index (χ0v) is 19.4. The highest BCUT2D eigenvalue weighted by atomic mass is 16.6. The Hall–Kier alpha value is -2.42. The molecule has 0 fully saturated rings. The van der Waals surface area contributed by atoms with Gasteiger partial charge in [-0.2, -0.15) is 0 Å². The van der Waals surface area contributed by atoms with Crippen molar-refractivity contribution in [2.24, 2.45) is 17.3 Å². The van der Waals surface area contributed by atoms with E-state index >= 15 is 0 Å². The molecule has 0 aliphatic carbocycles. The van der Waals surface area contributed by atoms with Gasteiger partial charge in [-0.25, -0.2) is 4.79 Å². The van der Waals surface area contributed by atoms with Gasteiger partial charge in [-0.15, -0.1) is 0 Å². The van der Waals surface area contributed by atoms with E-state index in [9.17, 15) is 24.3 Å². The van der Waals surface area contributed by atoms with Gasteiger partial charge in [0.1, 0.15) is 19.3 Å². The van der Waals surface area contributed by atoms with E-state index in [1.807, 2.05) is 6.92 Å². The van der Waals surface area contributed by atoms with Crippen molar-refractivity contribution in [3.05, 3.63) is 12.2 Å². The van der Waals surface area contributed by atoms with Gasteiger partial charge >= 0.3 is 23.9 Å². The Kier molecular flexibility index (Phi) is 12.7. The molecular weight excluding hydrogens is 408 g/mol. The fourth-order valence-corrected chi connectivity index (χ4v) is 2.87. The van der Waals surface area contributed by atoms with E-state index in [2.05, 4.69) is 6.58 Å². The second kappa shape index (κ2) is 13.8. The zero-order valence-electron chi connectivity index (χ0n) is 19.4. The number of rotatable bonds is 14. The number of aliphatic hydroxyl groups excluding tert-OH is 1. The first kappa shape index (κ1) is 28.6. The van der Waals surface area contributed by atoms with Gasteiger partial charge in [0.15, 0.2) is 0 Å². The smallest absolute Gasteiger partial charge is 0.333 e. The van der Waals surface area contributed by atoms with E-state index in [0.29, 0.717) is 6.42 Å². The summed E-state index contributed by atoms with van der Waals surface area (Å²) in [7, 11) is 1.29. The molecule has 0 aromatic heterocycles. The molecule has 9 heteroatoms. The first-order valence-electron chi connectivity index (χ1n) is 10.3. The summed E-state index contributed by atoms with van der Waals surface area (Å²) in [5, 5.41) is 9.81. The lowest BCUT2D eigenvalue weighted by Gasteiger charge is -2.29. The summed E-state index contributed by atoms with van der Waals surface area (Å²) >= 11 is 0. The first-order chi connectivity index (χ1) is 14.4. The molecule has 0 rings (SSSR count). The average molecular weight is 445 g/mol. The third-order valence-corrected chi connectivity index (χ3v) is 4.99. The van der Waals surface area contributed by atoms with Gasteiger partial charge in [-0.3, -0.25) is 14.4 Å². The predicted octanol–water partition coefficient (Wildman–Crippen LogP) is 2.19. The molecule has 0 aliphatic rings. The minimum absolute atomic E-state index is 0.102. The molecular formula is C22H36O9. The maximum atomic E-state index is 12.5. The van der Waals surface area contributed by atoms with Crippen molar-refractivity contribution < 1.29 is 43.2 Å². The molecule has 0 radical (unpaired) electrons. The molecule has 178 valence electrons. The Morgan fingerprint density at radius 2 is 1.61 bits per heavy atom. The molecule has 0 spiro atoms. The fourth-order valence-electron chi connectivity index (χ4n) is 2.87. The van der Waals surface area contributed by atoms with Crippen LogP contribution >= 0.6 is 0 Å². The van der Waals surface area contributed by atoms with Crippen LogP contribution in [0, 0.1) is 17.3 Å². The predicted molar refractivity (Wildman–Crippen MR) is 112 cm³/mol. The lowest BCUT2D eigenvalue weighted by atomic mass is 9.76. The Bertz CT molecular complexity index is 643. The molecule has 0 saturated carbocycles. The Balaban J connectivity index is 4.97. The fraction of sp³-hybridized carbons (Fsp3) is 0.727. The molecule has 4 atom stereocenters. The first-order valence-corrected chi connectivity index (χ1v) is 10.3. The van der Waals surface area contributed by atoms with Gasteiger partial charge in [0.05, 0.1) is 31.0 Å². The zero-order chi connectivity index (χ0) is 24.2. The van der Waals surface area contributed by atoms with Crippen LogP contribution in [-0.2, 0) is 38.1 Å². The van der Waals surface area contributed by atoms with Crippen LogP contribution in [-0.4, -0.2) is 62.0 Å². The largest absolute Gasteiger partial charge is 0.469 e. The van der Waals surface area contributed by atoms with Crippen LogP contribution < -0.4 is 0 Å². The van der Waals surface area contributed by atoms with Gasteiger partial charge in [-0.05, 0) is 40.0 Å². The number of carbonyl (C=O) groups is 4. The van der Waals surface area contributed by atoms with E-state index in [4.69, 9.17) is 18.9 Å². The standard InChI is InChI=1S/C22H36O9/c1-8-22(6,21(27)28-7)11-16(20(26)29-9-2)10-15(5)19(25)31-13-17(23)12-30-18(24)14(3)4/h15-17,23H,3,8-13H2,1-2,4-7H3. The summed E-state index contributed by atoms with van der Waals surface area (Å²) in [6, 6.07) is 0. The summed E-state index contributed by atoms with van der Waals surface area (Å²) in [4.78, 5) is 48.3. The van der Waals surface area contributed by atoms with Crippen molar-refractivity contribution in [1.82, 2.24) is 0 Å². The van der Waals surface area contributed by atoms with Gasteiger partial charge in [0.2, 0.25) is 0 Å². The van der Waals surface area contributed by atoms with Crippen LogP contribution in [0.2, 0.25) is 0 Å². The molecule has 0 heterocycles. The van der Waals surface area contributed by atoms with Crippen LogP contribution in [0.4, 0.5) is 0 Å². The lowest BCUT2D eigenvalue weighted by molar-refractivity contribution is -0.158. The van der Waals surface area contributed by atoms with Gasteiger partial charge < -0.3 is 24.1 Å². The molecule has 1 N–H and O–H groups in total. The van der Waals surface area contributed by atoms with Crippen LogP contribution in [0.15, 0.2) is 12.2 Å². The van der Waals surface area contributed by atoms with Gasteiger partial charge in [0, 0.05) is 5.57 Å². The van der Waals surface area contributed by atoms with E-state index in [1.165, 1.54) is 14.0 Å². The maximum absolute atomic E-state index is 12.5. The van der Waals surface area contributed by atoms with E-state index in [-0.39, 0.29) is 38.2 Å². The average Bonchev–Trinajstić information content (AvgIpc) is 2.74. The summed E-state index contributed by atoms with van der Waals surface area (Å²) in [6.45, 7) is 11.1. The van der Waals surface area contributed by atoms with E-state index in [1.54, 1.807) is 20.8 Å². The quantitative estimate of drug-likeness (QED) is 0.244. The summed E-state index contributed by atoms with van der Waals surface area (Å²) < 4.78 is 19.9. The third kappa shape index (κ3) is 9.95. The second-order valence-corrected chi connectivity index (χ2v) is 7.86. The Labute approximate surface area is 184 Å². The van der Waals surface area contributed by atoms with Crippen LogP contribution in [0.3, 0.4) is 0 Å². The van der Waals surface area contributed by atoms with E-state index in [0.717, 1.165) is 0 Å². The number of ether oxygens (including phenoxy) is 4. The topological polar surface area (TPSA) is 125 Å². The highest BCUT2D eigenvalue weighted by Crippen LogP contribution is 2.34. The van der Waals surface area contributed by atoms with Crippen molar-refractivity contribution in [3.63, 3.8) is 0 Å². The number of methoxy groups -OCH3 is 1. The second-order valence-electron chi connectivity index (χ2n) is 7.86. The number of hydrogen-bond acceptors (Lipinski definition) is 9. The van der Waals surface area contributed by atoms with Crippen LogP contribution in [0.5, 0.6) is 0 Å². The number of aliphatic hydroxyl groups is 1. The molecule has 0 aliphatic heterocycles. The summed E-state index contributed by atoms with van der Waals surface area (Å²) in [5.41, 5.74) is -0.715. The molecule has 31 heavy (non-hydrogen) atoms. The Morgan fingerprint density at radius 3 is 2.10 bits per heavy atom. The third-order valence-electron chi connectivity index (χ3n) is 4.99. The molecule has 0 saturated heterocycles. The highest BCUT2D eigenvalue weighted by Gasteiger charge is 2.39. The number of hydrogen-bond donors (Lipinski definition) is 1. The lowest BCUT2D eigenvalue weighted by Crippen LogP contribution is -2.35. The van der Waals surface area contributed by atoms with Crippen molar-refractivity contribution in [2.75, 3.05) is 26.9 Å². The minimum atomic E-state index is -1.19. The van der Waals surface area contributed by atoms with Crippen molar-refractivity contribution in [1.29, 1.82) is 0 Å². The minimum Gasteiger partial charge on any atom is -0.469 e. The van der Waals surface area contributed by atoms with Gasteiger partial charge in [-0.1, -0.05) is 20.4 Å². The maximum Gasteiger partial charge on any atom is 0.333 e. The normalized spacial score (nSPS) is 15.6. The van der Waals surface area contributed by atoms with Crippen molar-refractivity contribution in [3.8, 4) is 0 Å². The monoisotopic (exact) mass is 444 g/mol.